The van der Waals surface area contributed by atoms with Crippen molar-refractivity contribution >= 4 is 21.6 Å². The van der Waals surface area contributed by atoms with Gasteiger partial charge in [-0.2, -0.15) is 4.72 Å². The molecule has 0 spiro atoms. The molecule has 2 aromatic carbocycles. The number of carbonyl (C=O) groups excluding carboxylic acids is 1. The fourth-order valence-corrected chi connectivity index (χ4v) is 6.54. The monoisotopic (exact) mass is 455 g/mol. The van der Waals surface area contributed by atoms with E-state index in [1.54, 1.807) is 18.2 Å². The standard InChI is InChI=1S/C25H33N3O3S/c1-20-10-8-14-23(18-20)32(30,31)27-25(15-6-3-7-16-25)24(29)26-19-22-13-9-17-28(22)21-11-4-2-5-12-21/h2,4-5,8,10-12,14,18,22,27H,3,6-7,9,13,15-17,19H2,1H3,(H,26,29). The van der Waals surface area contributed by atoms with Crippen LogP contribution in [-0.2, 0) is 14.8 Å². The van der Waals surface area contributed by atoms with Crippen LogP contribution in [0.2, 0.25) is 0 Å². The number of aryl methyl sites for hydroxylation is 1. The van der Waals surface area contributed by atoms with Crippen LogP contribution >= 0.6 is 0 Å². The van der Waals surface area contributed by atoms with E-state index >= 15 is 0 Å². The number of nitrogens with one attached hydrogen (secondary N) is 2. The SMILES string of the molecule is Cc1cccc(S(=O)(=O)NC2(C(=O)NCC3CCCN3c3ccccc3)CCCCC2)c1. The lowest BCUT2D eigenvalue weighted by Crippen LogP contribution is -2.60. The third-order valence-corrected chi connectivity index (χ3v) is 8.27. The number of anilines is 1. The minimum Gasteiger partial charge on any atom is -0.367 e. The van der Waals surface area contributed by atoms with E-state index in [9.17, 15) is 13.2 Å². The normalized spacial score (nSPS) is 20.8. The summed E-state index contributed by atoms with van der Waals surface area (Å²) in [5, 5.41) is 3.11. The summed E-state index contributed by atoms with van der Waals surface area (Å²) >= 11 is 0. The molecule has 2 aromatic rings. The zero-order chi connectivity index (χ0) is 22.6. The topological polar surface area (TPSA) is 78.5 Å². The molecule has 2 fully saturated rings. The highest BCUT2D eigenvalue weighted by Gasteiger charge is 2.43. The average Bonchev–Trinajstić information content (AvgIpc) is 3.27. The van der Waals surface area contributed by atoms with E-state index in [4.69, 9.17) is 0 Å². The maximum atomic E-state index is 13.4. The fraction of sp³-hybridized carbons (Fsp3) is 0.480. The molecule has 1 saturated heterocycles. The molecule has 6 nitrogen and oxygen atoms in total. The minimum absolute atomic E-state index is 0.201. The predicted molar refractivity (Wildman–Crippen MR) is 127 cm³/mol. The van der Waals surface area contributed by atoms with Crippen LogP contribution in [0.15, 0.2) is 59.5 Å². The van der Waals surface area contributed by atoms with Gasteiger partial charge in [-0.1, -0.05) is 49.6 Å². The zero-order valence-electron chi connectivity index (χ0n) is 18.7. The molecule has 1 heterocycles. The molecular formula is C25H33N3O3S. The first-order valence-electron chi connectivity index (χ1n) is 11.6. The molecule has 2 N–H and O–H groups in total. The largest absolute Gasteiger partial charge is 0.367 e. The van der Waals surface area contributed by atoms with E-state index in [2.05, 4.69) is 27.1 Å². The Morgan fingerprint density at radius 1 is 1.03 bits per heavy atom. The van der Waals surface area contributed by atoms with E-state index in [0.29, 0.717) is 19.4 Å². The van der Waals surface area contributed by atoms with Crippen LogP contribution < -0.4 is 14.9 Å². The van der Waals surface area contributed by atoms with Crippen molar-refractivity contribution in [3.63, 3.8) is 0 Å². The summed E-state index contributed by atoms with van der Waals surface area (Å²) in [4.78, 5) is 16.0. The number of benzene rings is 2. The maximum Gasteiger partial charge on any atom is 0.241 e. The van der Waals surface area contributed by atoms with Gasteiger partial charge in [0.1, 0.15) is 5.54 Å². The Labute approximate surface area is 191 Å². The quantitative estimate of drug-likeness (QED) is 0.666. The Morgan fingerprint density at radius 3 is 2.50 bits per heavy atom. The van der Waals surface area contributed by atoms with E-state index in [1.165, 1.54) is 0 Å². The lowest BCUT2D eigenvalue weighted by Gasteiger charge is -2.37. The highest BCUT2D eigenvalue weighted by atomic mass is 32.2. The third-order valence-electron chi connectivity index (χ3n) is 6.73. The Hall–Kier alpha value is -2.38. The number of nitrogens with zero attached hydrogens (tertiary/aromatic N) is 1. The smallest absolute Gasteiger partial charge is 0.241 e. The second-order valence-electron chi connectivity index (χ2n) is 9.10. The van der Waals surface area contributed by atoms with Gasteiger partial charge in [0.05, 0.1) is 4.90 Å². The summed E-state index contributed by atoms with van der Waals surface area (Å²) in [6, 6.07) is 17.3. The Balaban J connectivity index is 1.48. The lowest BCUT2D eigenvalue weighted by atomic mass is 9.82. The molecule has 7 heteroatoms. The van der Waals surface area contributed by atoms with Crippen LogP contribution in [0.4, 0.5) is 5.69 Å². The summed E-state index contributed by atoms with van der Waals surface area (Å²) in [6.45, 7) is 3.35. The number of carbonyl (C=O) groups is 1. The number of sulfonamides is 1. The van der Waals surface area contributed by atoms with Crippen molar-refractivity contribution < 1.29 is 13.2 Å². The second-order valence-corrected chi connectivity index (χ2v) is 10.8. The van der Waals surface area contributed by atoms with E-state index in [-0.39, 0.29) is 16.8 Å². The summed E-state index contributed by atoms with van der Waals surface area (Å²) in [7, 11) is -3.80. The molecule has 2 aliphatic rings. The second kappa shape index (κ2) is 9.63. The highest BCUT2D eigenvalue weighted by Crippen LogP contribution is 2.31. The third kappa shape index (κ3) is 4.99. The van der Waals surface area contributed by atoms with Gasteiger partial charge in [0.2, 0.25) is 15.9 Å². The number of para-hydroxylation sites is 1. The molecule has 1 aliphatic heterocycles. The maximum absolute atomic E-state index is 13.4. The van der Waals surface area contributed by atoms with E-state index < -0.39 is 15.6 Å². The van der Waals surface area contributed by atoms with Crippen LogP contribution in [0.3, 0.4) is 0 Å². The number of amides is 1. The molecule has 1 atom stereocenters. The van der Waals surface area contributed by atoms with Gasteiger partial charge in [0, 0.05) is 24.8 Å². The molecular weight excluding hydrogens is 422 g/mol. The highest BCUT2D eigenvalue weighted by molar-refractivity contribution is 7.89. The van der Waals surface area contributed by atoms with Crippen molar-refractivity contribution in [1.82, 2.24) is 10.0 Å². The van der Waals surface area contributed by atoms with Gasteiger partial charge >= 0.3 is 0 Å². The van der Waals surface area contributed by atoms with Gasteiger partial charge in [0.25, 0.3) is 0 Å². The van der Waals surface area contributed by atoms with Crippen molar-refractivity contribution in [3.05, 3.63) is 60.2 Å². The van der Waals surface area contributed by atoms with Crippen LogP contribution in [0, 0.1) is 6.92 Å². The molecule has 1 aliphatic carbocycles. The Bertz CT molecular complexity index is 1030. The van der Waals surface area contributed by atoms with E-state index in [0.717, 1.165) is 49.9 Å². The lowest BCUT2D eigenvalue weighted by molar-refractivity contribution is -0.128. The summed E-state index contributed by atoms with van der Waals surface area (Å²) in [6.07, 6.45) is 5.84. The van der Waals surface area contributed by atoms with Gasteiger partial charge in [0.15, 0.2) is 0 Å². The molecule has 0 bridgehead atoms. The minimum atomic E-state index is -3.80. The molecule has 4 rings (SSSR count). The number of hydrogen-bond donors (Lipinski definition) is 2. The van der Waals surface area contributed by atoms with Crippen molar-refractivity contribution in [2.45, 2.75) is 68.3 Å². The Kier molecular flexibility index (Phi) is 6.86. The molecule has 172 valence electrons. The molecule has 1 saturated carbocycles. The van der Waals surface area contributed by atoms with Gasteiger partial charge < -0.3 is 10.2 Å². The van der Waals surface area contributed by atoms with Crippen LogP contribution in [-0.4, -0.2) is 39.0 Å². The van der Waals surface area contributed by atoms with Crippen molar-refractivity contribution in [1.29, 1.82) is 0 Å². The van der Waals surface area contributed by atoms with Crippen molar-refractivity contribution in [2.75, 3.05) is 18.0 Å². The first kappa shape index (κ1) is 22.8. The van der Waals surface area contributed by atoms with Crippen molar-refractivity contribution in [2.24, 2.45) is 0 Å². The molecule has 0 radical (unpaired) electrons. The van der Waals surface area contributed by atoms with Crippen LogP contribution in [0.25, 0.3) is 0 Å². The molecule has 32 heavy (non-hydrogen) atoms. The van der Waals surface area contributed by atoms with Gasteiger partial charge in [-0.05, 0) is 62.4 Å². The Morgan fingerprint density at radius 2 is 1.78 bits per heavy atom. The molecule has 0 aromatic heterocycles. The van der Waals surface area contributed by atoms with Crippen LogP contribution in [0.1, 0.15) is 50.5 Å². The predicted octanol–water partition coefficient (Wildman–Crippen LogP) is 3.76. The number of rotatable bonds is 7. The zero-order valence-corrected chi connectivity index (χ0v) is 19.5. The summed E-state index contributed by atoms with van der Waals surface area (Å²) in [5.74, 6) is -0.201. The van der Waals surface area contributed by atoms with E-state index in [1.807, 2.05) is 31.2 Å². The fourth-order valence-electron chi connectivity index (χ4n) is 5.02. The first-order chi connectivity index (χ1) is 15.4. The molecule has 1 unspecified atom stereocenters. The average molecular weight is 456 g/mol. The summed E-state index contributed by atoms with van der Waals surface area (Å²) in [5.41, 5.74) is 0.950. The van der Waals surface area contributed by atoms with Gasteiger partial charge in [-0.3, -0.25) is 4.79 Å². The van der Waals surface area contributed by atoms with Gasteiger partial charge in [-0.25, -0.2) is 8.42 Å². The van der Waals surface area contributed by atoms with Crippen molar-refractivity contribution in [3.8, 4) is 0 Å². The van der Waals surface area contributed by atoms with Crippen LogP contribution in [0.5, 0.6) is 0 Å². The number of hydrogen-bond acceptors (Lipinski definition) is 4. The summed E-state index contributed by atoms with van der Waals surface area (Å²) < 4.78 is 29.1. The first-order valence-corrected chi connectivity index (χ1v) is 13.1. The van der Waals surface area contributed by atoms with Gasteiger partial charge in [-0.15, -0.1) is 0 Å². The molecule has 1 amide bonds.